The van der Waals surface area contributed by atoms with Crippen LogP contribution in [0.25, 0.3) is 0 Å². The summed E-state index contributed by atoms with van der Waals surface area (Å²) in [4.78, 5) is 26.6. The molecule has 2 amide bonds. The van der Waals surface area contributed by atoms with Crippen LogP contribution in [0.2, 0.25) is 10.0 Å². The zero-order chi connectivity index (χ0) is 25.3. The Morgan fingerprint density at radius 2 is 1.36 bits per heavy atom. The molecule has 182 valence electrons. The highest BCUT2D eigenvalue weighted by molar-refractivity contribution is 6.31. The van der Waals surface area contributed by atoms with Crippen LogP contribution in [0.4, 0.5) is 5.69 Å². The van der Waals surface area contributed by atoms with Crippen molar-refractivity contribution in [3.05, 3.63) is 130 Å². The highest BCUT2D eigenvalue weighted by Crippen LogP contribution is 2.24. The molecule has 0 aliphatic rings. The van der Waals surface area contributed by atoms with Crippen molar-refractivity contribution in [2.45, 2.75) is 19.1 Å². The van der Waals surface area contributed by atoms with E-state index in [1.165, 1.54) is 6.07 Å². The van der Waals surface area contributed by atoms with Gasteiger partial charge in [0.15, 0.2) is 0 Å². The van der Waals surface area contributed by atoms with Crippen molar-refractivity contribution in [1.29, 1.82) is 0 Å². The number of ether oxygens (including phenoxy) is 1. The lowest BCUT2D eigenvalue weighted by Crippen LogP contribution is -2.45. The molecule has 0 aromatic heterocycles. The summed E-state index contributed by atoms with van der Waals surface area (Å²) < 4.78 is 5.93. The molecule has 36 heavy (non-hydrogen) atoms. The zero-order valence-corrected chi connectivity index (χ0v) is 20.8. The van der Waals surface area contributed by atoms with Gasteiger partial charge < -0.3 is 15.4 Å². The molecule has 0 aliphatic carbocycles. The number of carbonyl (C=O) groups is 2. The van der Waals surface area contributed by atoms with E-state index in [1.807, 2.05) is 60.7 Å². The van der Waals surface area contributed by atoms with E-state index in [1.54, 1.807) is 36.4 Å². The van der Waals surface area contributed by atoms with Crippen molar-refractivity contribution in [2.24, 2.45) is 0 Å². The Morgan fingerprint density at radius 1 is 0.750 bits per heavy atom. The van der Waals surface area contributed by atoms with E-state index in [2.05, 4.69) is 10.6 Å². The average molecular weight is 519 g/mol. The largest absolute Gasteiger partial charge is 0.488 e. The van der Waals surface area contributed by atoms with Gasteiger partial charge >= 0.3 is 0 Å². The molecule has 2 N–H and O–H groups in total. The molecule has 4 aromatic carbocycles. The van der Waals surface area contributed by atoms with E-state index in [-0.39, 0.29) is 18.1 Å². The van der Waals surface area contributed by atoms with E-state index in [0.29, 0.717) is 27.9 Å². The molecule has 0 heterocycles. The van der Waals surface area contributed by atoms with E-state index in [0.717, 1.165) is 11.1 Å². The summed E-state index contributed by atoms with van der Waals surface area (Å²) in [6, 6.07) is 29.9. The van der Waals surface area contributed by atoms with Crippen LogP contribution in [-0.4, -0.2) is 17.9 Å². The van der Waals surface area contributed by atoms with Crippen LogP contribution in [0.1, 0.15) is 21.5 Å². The maximum atomic E-state index is 13.4. The second kappa shape index (κ2) is 12.2. The second-order valence-electron chi connectivity index (χ2n) is 8.13. The first-order valence-corrected chi connectivity index (χ1v) is 12.1. The quantitative estimate of drug-likeness (QED) is 0.264. The van der Waals surface area contributed by atoms with Crippen LogP contribution < -0.4 is 15.4 Å². The first kappa shape index (κ1) is 25.3. The Bertz CT molecular complexity index is 1310. The molecule has 0 saturated carbocycles. The SMILES string of the molecule is O=C(N[C@@H](Cc1ccccc1)C(=O)Nc1ccc(Cl)cc1)c1cc(Cl)ccc1OCc1ccccc1. The second-order valence-corrected chi connectivity index (χ2v) is 9.00. The van der Waals surface area contributed by atoms with Crippen molar-refractivity contribution in [2.75, 3.05) is 5.32 Å². The number of hydrogen-bond donors (Lipinski definition) is 2. The van der Waals surface area contributed by atoms with E-state index < -0.39 is 11.9 Å². The van der Waals surface area contributed by atoms with Gasteiger partial charge in [-0.2, -0.15) is 0 Å². The number of halogens is 2. The zero-order valence-electron chi connectivity index (χ0n) is 19.3. The van der Waals surface area contributed by atoms with Gasteiger partial charge in [-0.3, -0.25) is 9.59 Å². The molecule has 0 radical (unpaired) electrons. The van der Waals surface area contributed by atoms with Gasteiger partial charge in [0.25, 0.3) is 5.91 Å². The summed E-state index contributed by atoms with van der Waals surface area (Å²) >= 11 is 12.2. The Labute approximate surface area is 220 Å². The van der Waals surface area contributed by atoms with Gasteiger partial charge in [0.1, 0.15) is 18.4 Å². The minimum absolute atomic E-state index is 0.246. The summed E-state index contributed by atoms with van der Waals surface area (Å²) in [5.74, 6) is -0.451. The minimum Gasteiger partial charge on any atom is -0.488 e. The van der Waals surface area contributed by atoms with Crippen molar-refractivity contribution in [3.63, 3.8) is 0 Å². The number of carbonyl (C=O) groups excluding carboxylic acids is 2. The van der Waals surface area contributed by atoms with Gasteiger partial charge in [0.05, 0.1) is 5.56 Å². The number of amides is 2. The van der Waals surface area contributed by atoms with Crippen molar-refractivity contribution >= 4 is 40.7 Å². The molecule has 5 nitrogen and oxygen atoms in total. The average Bonchev–Trinajstić information content (AvgIpc) is 2.90. The molecule has 0 aliphatic heterocycles. The van der Waals surface area contributed by atoms with Crippen LogP contribution >= 0.6 is 23.2 Å². The standard InChI is InChI=1S/C29H24Cl2N2O3/c30-22-11-14-24(15-12-22)32-29(35)26(17-20-7-3-1-4-8-20)33-28(34)25-18-23(31)13-16-27(25)36-19-21-9-5-2-6-10-21/h1-16,18,26H,17,19H2,(H,32,35)(H,33,34)/t26-/m0/s1. The lowest BCUT2D eigenvalue weighted by molar-refractivity contribution is -0.118. The fraction of sp³-hybridized carbons (Fsp3) is 0.103. The molecule has 0 bridgehead atoms. The fourth-order valence-corrected chi connectivity index (χ4v) is 3.90. The van der Waals surface area contributed by atoms with Gasteiger partial charge in [0.2, 0.25) is 5.91 Å². The molecule has 4 aromatic rings. The van der Waals surface area contributed by atoms with Crippen LogP contribution in [-0.2, 0) is 17.8 Å². The van der Waals surface area contributed by atoms with Crippen molar-refractivity contribution in [3.8, 4) is 5.75 Å². The summed E-state index contributed by atoms with van der Waals surface area (Å²) in [5.41, 5.74) is 2.69. The summed E-state index contributed by atoms with van der Waals surface area (Å²) in [6.07, 6.45) is 0.298. The van der Waals surface area contributed by atoms with Crippen LogP contribution in [0.3, 0.4) is 0 Å². The fourth-order valence-electron chi connectivity index (χ4n) is 3.60. The third-order valence-corrected chi connectivity index (χ3v) is 5.93. The Kier molecular flexibility index (Phi) is 8.61. The maximum Gasteiger partial charge on any atom is 0.255 e. The summed E-state index contributed by atoms with van der Waals surface area (Å²) in [5, 5.41) is 6.66. The van der Waals surface area contributed by atoms with Crippen LogP contribution in [0.15, 0.2) is 103 Å². The smallest absolute Gasteiger partial charge is 0.255 e. The summed E-state index contributed by atoms with van der Waals surface area (Å²) in [7, 11) is 0. The molecule has 0 unspecified atom stereocenters. The van der Waals surface area contributed by atoms with Gasteiger partial charge in [-0.25, -0.2) is 0 Å². The lowest BCUT2D eigenvalue weighted by atomic mass is 10.0. The Morgan fingerprint density at radius 3 is 2.03 bits per heavy atom. The molecular formula is C29H24Cl2N2O3. The van der Waals surface area contributed by atoms with Crippen LogP contribution in [0, 0.1) is 0 Å². The molecule has 1 atom stereocenters. The predicted octanol–water partition coefficient (Wildman–Crippen LogP) is 6.55. The molecule has 7 heteroatoms. The monoisotopic (exact) mass is 518 g/mol. The normalized spacial score (nSPS) is 11.4. The third-order valence-electron chi connectivity index (χ3n) is 5.44. The predicted molar refractivity (Wildman–Crippen MR) is 144 cm³/mol. The third kappa shape index (κ3) is 7.11. The molecular weight excluding hydrogens is 495 g/mol. The van der Waals surface area contributed by atoms with E-state index >= 15 is 0 Å². The Hall–Kier alpha value is -3.80. The molecule has 0 saturated heterocycles. The van der Waals surface area contributed by atoms with Gasteiger partial charge in [-0.1, -0.05) is 83.9 Å². The number of anilines is 1. The van der Waals surface area contributed by atoms with Crippen molar-refractivity contribution in [1.82, 2.24) is 5.32 Å². The van der Waals surface area contributed by atoms with Gasteiger partial charge in [-0.05, 0) is 53.6 Å². The number of benzene rings is 4. The van der Waals surface area contributed by atoms with Gasteiger partial charge in [-0.15, -0.1) is 0 Å². The van der Waals surface area contributed by atoms with E-state index in [9.17, 15) is 9.59 Å². The summed E-state index contributed by atoms with van der Waals surface area (Å²) in [6.45, 7) is 0.285. The highest BCUT2D eigenvalue weighted by atomic mass is 35.5. The topological polar surface area (TPSA) is 67.4 Å². The molecule has 0 spiro atoms. The van der Waals surface area contributed by atoms with Gasteiger partial charge in [0, 0.05) is 22.2 Å². The Balaban J connectivity index is 1.54. The number of hydrogen-bond acceptors (Lipinski definition) is 3. The van der Waals surface area contributed by atoms with Crippen molar-refractivity contribution < 1.29 is 14.3 Å². The first-order chi connectivity index (χ1) is 17.5. The highest BCUT2D eigenvalue weighted by Gasteiger charge is 2.24. The lowest BCUT2D eigenvalue weighted by Gasteiger charge is -2.20. The number of nitrogens with one attached hydrogen (secondary N) is 2. The van der Waals surface area contributed by atoms with Crippen LogP contribution in [0.5, 0.6) is 5.75 Å². The molecule has 0 fully saturated rings. The molecule has 4 rings (SSSR count). The maximum absolute atomic E-state index is 13.4. The van der Waals surface area contributed by atoms with E-state index in [4.69, 9.17) is 27.9 Å². The minimum atomic E-state index is -0.850. The number of rotatable bonds is 9. The first-order valence-electron chi connectivity index (χ1n) is 11.4.